The van der Waals surface area contributed by atoms with Gasteiger partial charge < -0.3 is 10.2 Å². The molecule has 212 valence electrons. The van der Waals surface area contributed by atoms with Gasteiger partial charge in [-0.15, -0.1) is 0 Å². The third-order valence-corrected chi connectivity index (χ3v) is 14.3. The molecule has 1 spiro atoms. The first-order chi connectivity index (χ1) is 17.2. The van der Waals surface area contributed by atoms with E-state index in [1.54, 1.807) is 0 Å². The van der Waals surface area contributed by atoms with Crippen molar-refractivity contribution in [2.45, 2.75) is 147 Å². The monoisotopic (exact) mass is 524 g/mol. The predicted molar refractivity (Wildman–Crippen MR) is 140 cm³/mol. The molecular weight excluding hydrogens is 473 g/mol. The molecule has 0 aliphatic heterocycles. The number of hydrogen-bond acceptors (Lipinski definition) is 2. The van der Waals surface area contributed by atoms with Gasteiger partial charge in [-0.3, -0.25) is 0 Å². The van der Waals surface area contributed by atoms with Crippen LogP contribution in [-0.4, -0.2) is 27.6 Å². The summed E-state index contributed by atoms with van der Waals surface area (Å²) in [4.78, 5) is 0. The van der Waals surface area contributed by atoms with Crippen molar-refractivity contribution in [3.05, 3.63) is 0 Å². The highest BCUT2D eigenvalue weighted by molar-refractivity contribution is 5.12. The Morgan fingerprint density at radius 1 is 0.757 bits per heavy atom. The van der Waals surface area contributed by atoms with Crippen molar-refractivity contribution in [3.63, 3.8) is 0 Å². The van der Waals surface area contributed by atoms with Gasteiger partial charge in [0.1, 0.15) is 0 Å². The van der Waals surface area contributed by atoms with Crippen LogP contribution in [0, 0.1) is 51.8 Å². The van der Waals surface area contributed by atoms with Crippen molar-refractivity contribution in [3.8, 4) is 0 Å². The first-order valence-corrected chi connectivity index (χ1v) is 15.7. The molecule has 6 aliphatic carbocycles. The first kappa shape index (κ1) is 26.9. The summed E-state index contributed by atoms with van der Waals surface area (Å²) in [5.41, 5.74) is -2.04. The Morgan fingerprint density at radius 3 is 2.05 bits per heavy atom. The topological polar surface area (TPSA) is 40.5 Å². The minimum atomic E-state index is -4.52. The van der Waals surface area contributed by atoms with Gasteiger partial charge in [0.2, 0.25) is 0 Å². The fraction of sp³-hybridized carbons (Fsp3) is 1.00. The molecule has 37 heavy (non-hydrogen) atoms. The van der Waals surface area contributed by atoms with Gasteiger partial charge in [-0.2, -0.15) is 13.2 Å². The molecular formula is C32H51F3O2. The molecule has 9 atom stereocenters. The van der Waals surface area contributed by atoms with E-state index in [0.717, 1.165) is 44.9 Å². The van der Waals surface area contributed by atoms with Crippen molar-refractivity contribution < 1.29 is 23.4 Å². The lowest BCUT2D eigenvalue weighted by molar-refractivity contribution is -0.290. The third-order valence-electron chi connectivity index (χ3n) is 14.3. The van der Waals surface area contributed by atoms with Gasteiger partial charge in [-0.1, -0.05) is 20.8 Å². The van der Waals surface area contributed by atoms with Gasteiger partial charge in [0.25, 0.3) is 0 Å². The average molecular weight is 525 g/mol. The molecule has 0 saturated heterocycles. The Bertz CT molecular complexity index is 872. The van der Waals surface area contributed by atoms with Crippen LogP contribution in [0.3, 0.4) is 0 Å². The minimum absolute atomic E-state index is 0.0133. The number of fused-ring (bicyclic) bond motifs is 5. The van der Waals surface area contributed by atoms with E-state index in [2.05, 4.69) is 20.8 Å². The lowest BCUT2D eigenvalue weighted by atomic mass is 9.43. The molecule has 0 bridgehead atoms. The van der Waals surface area contributed by atoms with Gasteiger partial charge in [0.05, 0.1) is 5.60 Å². The normalized spacial score (nSPS) is 49.1. The molecule has 6 aliphatic rings. The molecule has 2 N–H and O–H groups in total. The van der Waals surface area contributed by atoms with Crippen LogP contribution in [0.5, 0.6) is 0 Å². The zero-order valence-electron chi connectivity index (χ0n) is 23.5. The third kappa shape index (κ3) is 4.25. The van der Waals surface area contributed by atoms with Crippen LogP contribution in [0.15, 0.2) is 0 Å². The van der Waals surface area contributed by atoms with Gasteiger partial charge in [0, 0.05) is 0 Å². The summed E-state index contributed by atoms with van der Waals surface area (Å²) in [7, 11) is 0. The van der Waals surface area contributed by atoms with Crippen molar-refractivity contribution in [1.29, 1.82) is 0 Å². The Balaban J connectivity index is 1.11. The molecule has 0 amide bonds. The lowest BCUT2D eigenvalue weighted by Gasteiger charge is -2.62. The van der Waals surface area contributed by atoms with Gasteiger partial charge in [-0.05, 0) is 161 Å². The summed E-state index contributed by atoms with van der Waals surface area (Å²) in [6.07, 6.45) is 11.8. The van der Waals surface area contributed by atoms with Crippen LogP contribution in [0.2, 0.25) is 0 Å². The highest BCUT2D eigenvalue weighted by atomic mass is 19.4. The van der Waals surface area contributed by atoms with E-state index >= 15 is 0 Å². The zero-order chi connectivity index (χ0) is 26.5. The van der Waals surface area contributed by atoms with Gasteiger partial charge in [-0.25, -0.2) is 0 Å². The van der Waals surface area contributed by atoms with E-state index in [4.69, 9.17) is 0 Å². The minimum Gasteiger partial charge on any atom is -0.390 e. The largest absolute Gasteiger partial charge is 0.417 e. The molecule has 6 fully saturated rings. The maximum absolute atomic E-state index is 13.7. The second-order valence-electron chi connectivity index (χ2n) is 15.9. The maximum atomic E-state index is 13.7. The highest BCUT2D eigenvalue weighted by Gasteiger charge is 2.65. The molecule has 0 aromatic rings. The molecule has 0 radical (unpaired) electrons. The van der Waals surface area contributed by atoms with Crippen molar-refractivity contribution in [1.82, 2.24) is 0 Å². The molecule has 6 rings (SSSR count). The Kier molecular flexibility index (Phi) is 6.26. The lowest BCUT2D eigenvalue weighted by Crippen LogP contribution is -2.59. The van der Waals surface area contributed by atoms with Crippen molar-refractivity contribution in [2.24, 2.45) is 51.8 Å². The van der Waals surface area contributed by atoms with E-state index < -0.39 is 17.4 Å². The van der Waals surface area contributed by atoms with E-state index in [-0.39, 0.29) is 24.2 Å². The Labute approximate surface area is 222 Å². The smallest absolute Gasteiger partial charge is 0.390 e. The average Bonchev–Trinajstić information content (AvgIpc) is 3.51. The second kappa shape index (κ2) is 8.60. The highest BCUT2D eigenvalue weighted by Crippen LogP contribution is 2.69. The van der Waals surface area contributed by atoms with E-state index in [1.807, 2.05) is 0 Å². The van der Waals surface area contributed by atoms with E-state index in [1.165, 1.54) is 44.9 Å². The number of rotatable bonds is 4. The van der Waals surface area contributed by atoms with Crippen molar-refractivity contribution in [2.75, 3.05) is 0 Å². The van der Waals surface area contributed by atoms with Crippen LogP contribution >= 0.6 is 0 Å². The quantitative estimate of drug-likeness (QED) is 0.387. The first-order valence-electron chi connectivity index (χ1n) is 15.7. The van der Waals surface area contributed by atoms with Crippen LogP contribution in [0.1, 0.15) is 130 Å². The summed E-state index contributed by atoms with van der Waals surface area (Å²) in [5, 5.41) is 21.8. The molecule has 0 heterocycles. The summed E-state index contributed by atoms with van der Waals surface area (Å²) >= 11 is 0. The molecule has 5 heteroatoms. The molecule has 6 saturated carbocycles. The maximum Gasteiger partial charge on any atom is 0.417 e. The molecule has 0 unspecified atom stereocenters. The summed E-state index contributed by atoms with van der Waals surface area (Å²) < 4.78 is 41.0. The van der Waals surface area contributed by atoms with Crippen LogP contribution in [0.25, 0.3) is 0 Å². The van der Waals surface area contributed by atoms with Crippen LogP contribution < -0.4 is 0 Å². The second-order valence-corrected chi connectivity index (χ2v) is 15.9. The SMILES string of the molecule is C[C@@H](CCC1(O)CCC2(CC1)CC2)[C@@H]1CC[C@H]2[C@@H]3CC[C@H]4C[C@](O)(C(F)(F)F)CC[C@]4(C)[C@H]3CC[C@@]21C. The molecule has 0 aromatic heterocycles. The number of hydrogen-bond donors (Lipinski definition) is 2. The standard InChI is InChI=1S/C32H51F3O2/c1-21(8-11-30(36)17-15-29(13-14-29)16-18-30)24-6-7-25-23-5-4-22-20-31(37,32(33,34)35)19-12-27(22,2)26(23)9-10-28(24,25)3/h21-26,36-37H,4-20H2,1-3H3/t21-,22-,23-,24-,25-,26-,27-,28+,31-/m0/s1. The van der Waals surface area contributed by atoms with Gasteiger partial charge in [0.15, 0.2) is 5.60 Å². The fourth-order valence-corrected chi connectivity index (χ4v) is 11.3. The molecule has 2 nitrogen and oxygen atoms in total. The Hall–Kier alpha value is -0.290. The predicted octanol–water partition coefficient (Wildman–Crippen LogP) is 8.44. The zero-order valence-corrected chi connectivity index (χ0v) is 23.5. The van der Waals surface area contributed by atoms with Gasteiger partial charge >= 0.3 is 6.18 Å². The van der Waals surface area contributed by atoms with Crippen LogP contribution in [-0.2, 0) is 0 Å². The summed E-state index contributed by atoms with van der Waals surface area (Å²) in [6, 6.07) is 0. The number of halogens is 3. The fourth-order valence-electron chi connectivity index (χ4n) is 11.3. The van der Waals surface area contributed by atoms with E-state index in [9.17, 15) is 23.4 Å². The van der Waals surface area contributed by atoms with Crippen LogP contribution in [0.4, 0.5) is 13.2 Å². The summed E-state index contributed by atoms with van der Waals surface area (Å²) in [5.74, 6) is 3.14. The number of aliphatic hydroxyl groups is 2. The number of alkyl halides is 3. The Morgan fingerprint density at radius 2 is 1.41 bits per heavy atom. The summed E-state index contributed by atoms with van der Waals surface area (Å²) in [6.45, 7) is 7.26. The van der Waals surface area contributed by atoms with Crippen molar-refractivity contribution >= 4 is 0 Å². The molecule has 0 aromatic carbocycles. The van der Waals surface area contributed by atoms with E-state index in [0.29, 0.717) is 46.8 Å².